The first-order chi connectivity index (χ1) is 11.6. The van der Waals surface area contributed by atoms with Crippen LogP contribution in [0, 0.1) is 0 Å². The second kappa shape index (κ2) is 9.20. The normalized spacial score (nSPS) is 19.6. The van der Waals surface area contributed by atoms with Crippen LogP contribution in [-0.2, 0) is 4.74 Å². The van der Waals surface area contributed by atoms with Crippen LogP contribution in [0.3, 0.4) is 0 Å². The molecule has 2 aliphatic heterocycles. The fourth-order valence-electron chi connectivity index (χ4n) is 3.29. The van der Waals surface area contributed by atoms with Crippen LogP contribution in [0.2, 0.25) is 0 Å². The van der Waals surface area contributed by atoms with Gasteiger partial charge in [0.2, 0.25) is 0 Å². The van der Waals surface area contributed by atoms with E-state index in [9.17, 15) is 4.79 Å². The molecule has 2 heterocycles. The van der Waals surface area contributed by atoms with Crippen molar-refractivity contribution < 1.29 is 14.3 Å². The van der Waals surface area contributed by atoms with Crippen molar-refractivity contribution in [3.63, 3.8) is 0 Å². The van der Waals surface area contributed by atoms with Crippen LogP contribution < -0.4 is 4.74 Å². The van der Waals surface area contributed by atoms with Gasteiger partial charge in [-0.05, 0) is 38.1 Å². The summed E-state index contributed by atoms with van der Waals surface area (Å²) in [6.07, 6.45) is 2.09. The Morgan fingerprint density at radius 1 is 1.08 bits per heavy atom. The molecule has 0 unspecified atom stereocenters. The number of amides is 1. The van der Waals surface area contributed by atoms with Gasteiger partial charge in [-0.15, -0.1) is 0 Å². The van der Waals surface area contributed by atoms with Crippen molar-refractivity contribution in [2.45, 2.75) is 46.3 Å². The molecule has 2 saturated heterocycles. The van der Waals surface area contributed by atoms with Crippen molar-refractivity contribution in [3.05, 3.63) is 29.8 Å². The summed E-state index contributed by atoms with van der Waals surface area (Å²) >= 11 is 0. The number of piperazine rings is 1. The van der Waals surface area contributed by atoms with Crippen molar-refractivity contribution in [1.29, 1.82) is 0 Å². The van der Waals surface area contributed by atoms with E-state index in [1.165, 1.54) is 0 Å². The van der Waals surface area contributed by atoms with Crippen molar-refractivity contribution in [2.75, 3.05) is 39.4 Å². The molecule has 0 aliphatic carbocycles. The molecule has 2 fully saturated rings. The number of rotatable bonds is 4. The van der Waals surface area contributed by atoms with Crippen LogP contribution in [0.15, 0.2) is 24.3 Å². The quantitative estimate of drug-likeness (QED) is 0.839. The van der Waals surface area contributed by atoms with Gasteiger partial charge >= 0.3 is 0 Å². The van der Waals surface area contributed by atoms with E-state index in [0.717, 1.165) is 63.5 Å². The molecule has 0 N–H and O–H groups in total. The Morgan fingerprint density at radius 3 is 2.24 bits per heavy atom. The maximum atomic E-state index is 12.6. The van der Waals surface area contributed by atoms with Crippen molar-refractivity contribution in [3.8, 4) is 5.75 Å². The highest BCUT2D eigenvalue weighted by Gasteiger charge is 2.23. The molecule has 25 heavy (non-hydrogen) atoms. The van der Waals surface area contributed by atoms with Crippen LogP contribution >= 0.6 is 0 Å². The monoisotopic (exact) mass is 348 g/mol. The SMILES string of the molecule is C.CC(C)N1CCN(C(=O)c2ccc(OC3CCOCC3)cc2)CC1. The summed E-state index contributed by atoms with van der Waals surface area (Å²) in [4.78, 5) is 17.0. The summed E-state index contributed by atoms with van der Waals surface area (Å²) in [6, 6.07) is 8.13. The molecule has 0 aromatic heterocycles. The summed E-state index contributed by atoms with van der Waals surface area (Å²) in [5.74, 6) is 0.957. The third kappa shape index (κ3) is 5.19. The van der Waals surface area contributed by atoms with Gasteiger partial charge in [0.15, 0.2) is 0 Å². The molecule has 2 aliphatic rings. The molecule has 1 amide bonds. The van der Waals surface area contributed by atoms with Crippen LogP contribution in [0.25, 0.3) is 0 Å². The Labute approximate surface area is 151 Å². The van der Waals surface area contributed by atoms with E-state index in [1.807, 2.05) is 29.2 Å². The number of hydrogen-bond donors (Lipinski definition) is 0. The van der Waals surface area contributed by atoms with Gasteiger partial charge in [-0.3, -0.25) is 9.69 Å². The highest BCUT2D eigenvalue weighted by atomic mass is 16.5. The van der Waals surface area contributed by atoms with Crippen LogP contribution in [0.4, 0.5) is 0 Å². The minimum Gasteiger partial charge on any atom is -0.490 e. The lowest BCUT2D eigenvalue weighted by Crippen LogP contribution is -2.50. The number of ether oxygens (including phenoxy) is 2. The van der Waals surface area contributed by atoms with E-state index in [1.54, 1.807) is 0 Å². The first-order valence-corrected chi connectivity index (χ1v) is 9.01. The number of hydrogen-bond acceptors (Lipinski definition) is 4. The Balaban J connectivity index is 0.00000225. The van der Waals surface area contributed by atoms with Gasteiger partial charge in [-0.2, -0.15) is 0 Å². The van der Waals surface area contributed by atoms with E-state index < -0.39 is 0 Å². The highest BCUT2D eigenvalue weighted by Crippen LogP contribution is 2.19. The van der Waals surface area contributed by atoms with Gasteiger partial charge < -0.3 is 14.4 Å². The Bertz CT molecular complexity index is 530. The predicted molar refractivity (Wildman–Crippen MR) is 100 cm³/mol. The van der Waals surface area contributed by atoms with Crippen molar-refractivity contribution >= 4 is 5.91 Å². The van der Waals surface area contributed by atoms with E-state index >= 15 is 0 Å². The van der Waals surface area contributed by atoms with Crippen LogP contribution in [0.5, 0.6) is 5.75 Å². The largest absolute Gasteiger partial charge is 0.490 e. The molecule has 0 atom stereocenters. The fraction of sp³-hybridized carbons (Fsp3) is 0.650. The van der Waals surface area contributed by atoms with Gasteiger partial charge in [-0.1, -0.05) is 7.43 Å². The van der Waals surface area contributed by atoms with E-state index in [-0.39, 0.29) is 19.4 Å². The van der Waals surface area contributed by atoms with Gasteiger partial charge in [-0.25, -0.2) is 0 Å². The zero-order valence-corrected chi connectivity index (χ0v) is 14.7. The fourth-order valence-corrected chi connectivity index (χ4v) is 3.29. The number of carbonyl (C=O) groups is 1. The van der Waals surface area contributed by atoms with Gasteiger partial charge in [0, 0.05) is 50.6 Å². The Morgan fingerprint density at radius 2 is 1.68 bits per heavy atom. The smallest absolute Gasteiger partial charge is 0.253 e. The average Bonchev–Trinajstić information content (AvgIpc) is 2.63. The molecule has 0 saturated carbocycles. The first kappa shape index (κ1) is 19.7. The molecule has 1 aromatic rings. The molecule has 0 spiro atoms. The lowest BCUT2D eigenvalue weighted by molar-refractivity contribution is 0.0255. The lowest BCUT2D eigenvalue weighted by Gasteiger charge is -2.37. The molecule has 0 radical (unpaired) electrons. The molecule has 1 aromatic carbocycles. The summed E-state index contributed by atoms with van der Waals surface area (Å²) in [5.41, 5.74) is 0.743. The minimum atomic E-state index is 0. The number of carbonyl (C=O) groups excluding carboxylic acids is 1. The molecule has 5 heteroatoms. The lowest BCUT2D eigenvalue weighted by atomic mass is 10.1. The first-order valence-electron chi connectivity index (χ1n) is 9.01. The molecular formula is C20H32N2O3. The van der Waals surface area contributed by atoms with Gasteiger partial charge in [0.05, 0.1) is 13.2 Å². The standard InChI is InChI=1S/C19H28N2O3.CH4/c1-15(2)20-9-11-21(12-10-20)19(22)16-3-5-17(6-4-16)24-18-7-13-23-14-8-18;/h3-6,15,18H,7-14H2,1-2H3;1H4. The number of benzene rings is 1. The van der Waals surface area contributed by atoms with Crippen LogP contribution in [0.1, 0.15) is 44.5 Å². The Kier molecular flexibility index (Phi) is 7.26. The summed E-state index contributed by atoms with van der Waals surface area (Å²) < 4.78 is 11.3. The highest BCUT2D eigenvalue weighted by molar-refractivity contribution is 5.94. The molecule has 5 nitrogen and oxygen atoms in total. The second-order valence-corrected chi connectivity index (χ2v) is 6.88. The van der Waals surface area contributed by atoms with Gasteiger partial charge in [0.25, 0.3) is 5.91 Å². The molecule has 3 rings (SSSR count). The van der Waals surface area contributed by atoms with E-state index in [4.69, 9.17) is 9.47 Å². The van der Waals surface area contributed by atoms with E-state index in [2.05, 4.69) is 18.7 Å². The van der Waals surface area contributed by atoms with Gasteiger partial charge in [0.1, 0.15) is 11.9 Å². The summed E-state index contributed by atoms with van der Waals surface area (Å²) in [7, 11) is 0. The Hall–Kier alpha value is -1.59. The average molecular weight is 348 g/mol. The van der Waals surface area contributed by atoms with Crippen molar-refractivity contribution in [2.24, 2.45) is 0 Å². The zero-order chi connectivity index (χ0) is 16.9. The maximum absolute atomic E-state index is 12.6. The second-order valence-electron chi connectivity index (χ2n) is 6.88. The summed E-state index contributed by atoms with van der Waals surface area (Å²) in [5, 5.41) is 0. The van der Waals surface area contributed by atoms with Crippen molar-refractivity contribution in [1.82, 2.24) is 9.80 Å². The zero-order valence-electron chi connectivity index (χ0n) is 14.7. The molecular weight excluding hydrogens is 316 g/mol. The molecule has 0 bridgehead atoms. The van der Waals surface area contributed by atoms with Crippen LogP contribution in [-0.4, -0.2) is 67.2 Å². The maximum Gasteiger partial charge on any atom is 0.253 e. The predicted octanol–water partition coefficient (Wildman–Crippen LogP) is 3.05. The topological polar surface area (TPSA) is 42.0 Å². The third-order valence-electron chi connectivity index (χ3n) is 4.90. The summed E-state index contributed by atoms with van der Waals surface area (Å²) in [6.45, 7) is 9.45. The minimum absolute atomic E-state index is 0. The number of nitrogens with zero attached hydrogens (tertiary/aromatic N) is 2. The molecule has 140 valence electrons. The van der Waals surface area contributed by atoms with E-state index in [0.29, 0.717) is 6.04 Å². The third-order valence-corrected chi connectivity index (χ3v) is 4.90.